The number of nitrogens with two attached hydrogens (primary N) is 1. The molecule has 0 saturated carbocycles. The number of nitrogens with zero attached hydrogens (tertiary/aromatic N) is 2. The summed E-state index contributed by atoms with van der Waals surface area (Å²) >= 11 is 0. The van der Waals surface area contributed by atoms with Gasteiger partial charge in [-0.1, -0.05) is 6.07 Å². The van der Waals surface area contributed by atoms with Crippen LogP contribution >= 0.6 is 24.8 Å². The minimum Gasteiger partial charge on any atom is -0.480 e. The lowest BCUT2D eigenvalue weighted by Gasteiger charge is -2.19. The number of nitro groups is 1. The number of carbonyl (C=O) groups is 1. The van der Waals surface area contributed by atoms with E-state index in [1.165, 1.54) is 12.4 Å². The topological polar surface area (TPSA) is 135 Å². The van der Waals surface area contributed by atoms with Crippen molar-refractivity contribution in [3.63, 3.8) is 0 Å². The lowest BCUT2D eigenvalue weighted by Crippen LogP contribution is -2.37. The number of benzene rings is 1. The Bertz CT molecular complexity index is 694. The van der Waals surface area contributed by atoms with Gasteiger partial charge in [-0.25, -0.2) is 4.98 Å². The molecule has 10 heteroatoms. The summed E-state index contributed by atoms with van der Waals surface area (Å²) in [6, 6.07) is 3.59. The van der Waals surface area contributed by atoms with Crippen molar-refractivity contribution in [3.05, 3.63) is 57.7 Å². The van der Waals surface area contributed by atoms with Crippen molar-refractivity contribution in [2.75, 3.05) is 0 Å². The third kappa shape index (κ3) is 4.92. The normalized spacial score (nSPS) is 12.4. The number of H-pyrrole nitrogens is 1. The molecule has 24 heavy (non-hydrogen) atoms. The van der Waals surface area contributed by atoms with Crippen LogP contribution in [0.1, 0.15) is 22.7 Å². The second kappa shape index (κ2) is 9.21. The first kappa shape index (κ1) is 21.8. The maximum absolute atomic E-state index is 11.2. The molecule has 2 rings (SSSR count). The second-order valence-corrected chi connectivity index (χ2v) is 5.05. The monoisotopic (exact) mass is 376 g/mol. The van der Waals surface area contributed by atoms with Gasteiger partial charge in [0.25, 0.3) is 5.69 Å². The maximum Gasteiger partial charge on any atom is 0.321 e. The molecule has 0 aliphatic rings. The summed E-state index contributed by atoms with van der Waals surface area (Å²) in [5, 5.41) is 20.0. The second-order valence-electron chi connectivity index (χ2n) is 5.05. The summed E-state index contributed by atoms with van der Waals surface area (Å²) in [5.41, 5.74) is 7.62. The van der Waals surface area contributed by atoms with Crippen LogP contribution in [0.15, 0.2) is 30.7 Å². The Balaban J connectivity index is 0.00000264. The van der Waals surface area contributed by atoms with Gasteiger partial charge in [0.1, 0.15) is 6.04 Å². The van der Waals surface area contributed by atoms with E-state index in [9.17, 15) is 14.9 Å². The van der Waals surface area contributed by atoms with Crippen LogP contribution in [0.2, 0.25) is 0 Å². The first-order chi connectivity index (χ1) is 10.4. The number of aromatic nitrogens is 2. The number of nitro benzene ring substituents is 1. The molecule has 0 aliphatic heterocycles. The van der Waals surface area contributed by atoms with E-state index in [1.54, 1.807) is 25.3 Å². The summed E-state index contributed by atoms with van der Waals surface area (Å²) in [7, 11) is 0. The Kier molecular flexibility index (Phi) is 8.38. The average Bonchev–Trinajstić information content (AvgIpc) is 2.97. The average molecular weight is 377 g/mol. The molecule has 0 fully saturated rings. The first-order valence-electron chi connectivity index (χ1n) is 6.61. The van der Waals surface area contributed by atoms with Crippen LogP contribution in [0.5, 0.6) is 0 Å². The molecule has 4 N–H and O–H groups in total. The molecule has 1 heterocycles. The molecular formula is C14H18Cl2N4O4. The third-order valence-corrected chi connectivity index (χ3v) is 3.53. The fraction of sp³-hybridized carbons (Fsp3) is 0.286. The lowest BCUT2D eigenvalue weighted by atomic mass is 9.89. The number of carboxylic acids is 1. The molecule has 0 bridgehead atoms. The fourth-order valence-electron chi connectivity index (χ4n) is 2.37. The van der Waals surface area contributed by atoms with Crippen molar-refractivity contribution in [2.45, 2.75) is 25.3 Å². The summed E-state index contributed by atoms with van der Waals surface area (Å²) in [6.07, 6.45) is 3.39. The molecule has 132 valence electrons. The van der Waals surface area contributed by atoms with Crippen LogP contribution < -0.4 is 5.73 Å². The SMILES string of the molecule is Cc1cc(CC(c2c[nH]cn2)[C@H](N)C(=O)O)ccc1[N+](=O)[O-].Cl.Cl. The van der Waals surface area contributed by atoms with Crippen LogP contribution in [0, 0.1) is 17.0 Å². The predicted octanol–water partition coefficient (Wildman–Crippen LogP) is 2.21. The van der Waals surface area contributed by atoms with Crippen molar-refractivity contribution in [1.82, 2.24) is 9.97 Å². The van der Waals surface area contributed by atoms with Crippen molar-refractivity contribution < 1.29 is 14.8 Å². The number of imidazole rings is 1. The summed E-state index contributed by atoms with van der Waals surface area (Å²) in [4.78, 5) is 28.4. The van der Waals surface area contributed by atoms with Crippen molar-refractivity contribution in [1.29, 1.82) is 0 Å². The van der Waals surface area contributed by atoms with Gasteiger partial charge in [0.2, 0.25) is 0 Å². The number of hydrogen-bond acceptors (Lipinski definition) is 5. The number of aromatic amines is 1. The lowest BCUT2D eigenvalue weighted by molar-refractivity contribution is -0.385. The van der Waals surface area contributed by atoms with Gasteiger partial charge in [0.05, 0.1) is 16.9 Å². The van der Waals surface area contributed by atoms with E-state index in [-0.39, 0.29) is 30.5 Å². The molecule has 0 aliphatic carbocycles. The highest BCUT2D eigenvalue weighted by Crippen LogP contribution is 2.25. The first-order valence-corrected chi connectivity index (χ1v) is 6.61. The number of aliphatic carboxylic acids is 1. The van der Waals surface area contributed by atoms with Gasteiger partial charge in [0.15, 0.2) is 0 Å². The van der Waals surface area contributed by atoms with Gasteiger partial charge in [-0.05, 0) is 25.0 Å². The minimum absolute atomic E-state index is 0. The van der Waals surface area contributed by atoms with Gasteiger partial charge in [-0.2, -0.15) is 0 Å². The molecule has 1 unspecified atom stereocenters. The van der Waals surface area contributed by atoms with Crippen molar-refractivity contribution in [2.24, 2.45) is 5.73 Å². The van der Waals surface area contributed by atoms with Gasteiger partial charge < -0.3 is 15.8 Å². The molecule has 2 aromatic rings. The number of halogens is 2. The molecule has 2 atom stereocenters. The van der Waals surface area contributed by atoms with E-state index in [0.29, 0.717) is 17.7 Å². The van der Waals surface area contributed by atoms with Crippen LogP contribution in [0.4, 0.5) is 5.69 Å². The Morgan fingerprint density at radius 2 is 2.12 bits per heavy atom. The van der Waals surface area contributed by atoms with Gasteiger partial charge >= 0.3 is 5.97 Å². The van der Waals surface area contributed by atoms with E-state index in [4.69, 9.17) is 10.8 Å². The number of hydrogen-bond donors (Lipinski definition) is 3. The number of aryl methyl sites for hydroxylation is 1. The molecule has 0 saturated heterocycles. The van der Waals surface area contributed by atoms with Crippen LogP contribution in [0.25, 0.3) is 0 Å². The Morgan fingerprint density at radius 1 is 1.46 bits per heavy atom. The molecule has 0 amide bonds. The van der Waals surface area contributed by atoms with E-state index in [0.717, 1.165) is 5.56 Å². The number of nitrogens with one attached hydrogen (secondary N) is 1. The van der Waals surface area contributed by atoms with Crippen LogP contribution in [0.3, 0.4) is 0 Å². The van der Waals surface area contributed by atoms with E-state index in [1.807, 2.05) is 0 Å². The highest BCUT2D eigenvalue weighted by molar-refractivity contribution is 5.85. The zero-order valence-electron chi connectivity index (χ0n) is 12.7. The molecule has 0 spiro atoms. The number of rotatable bonds is 6. The zero-order chi connectivity index (χ0) is 16.3. The number of carboxylic acid groups (broad SMARTS) is 1. The van der Waals surface area contributed by atoms with Gasteiger partial charge in [-0.15, -0.1) is 24.8 Å². The van der Waals surface area contributed by atoms with Crippen molar-refractivity contribution in [3.8, 4) is 0 Å². The quantitative estimate of drug-likeness (QED) is 0.522. The Labute approximate surface area is 150 Å². The molecule has 8 nitrogen and oxygen atoms in total. The largest absolute Gasteiger partial charge is 0.480 e. The summed E-state index contributed by atoms with van der Waals surface area (Å²) in [6.45, 7) is 1.64. The smallest absolute Gasteiger partial charge is 0.321 e. The standard InChI is InChI=1S/C14H16N4O4.2ClH/c1-8-4-9(2-3-12(8)18(21)22)5-10(13(15)14(19)20)11-6-16-7-17-11;;/h2-4,6-7,10,13H,5,15H2,1H3,(H,16,17)(H,19,20);2*1H/t10?,13-;;/m0../s1. The van der Waals surface area contributed by atoms with E-state index in [2.05, 4.69) is 9.97 Å². The maximum atomic E-state index is 11.2. The highest BCUT2D eigenvalue weighted by atomic mass is 35.5. The third-order valence-electron chi connectivity index (χ3n) is 3.53. The van der Waals surface area contributed by atoms with Gasteiger partial charge in [-0.3, -0.25) is 14.9 Å². The highest BCUT2D eigenvalue weighted by Gasteiger charge is 2.28. The van der Waals surface area contributed by atoms with Crippen LogP contribution in [-0.4, -0.2) is 32.0 Å². The summed E-state index contributed by atoms with van der Waals surface area (Å²) < 4.78 is 0. The van der Waals surface area contributed by atoms with E-state index < -0.39 is 22.9 Å². The molecule has 0 radical (unpaired) electrons. The van der Waals surface area contributed by atoms with Crippen molar-refractivity contribution >= 4 is 36.5 Å². The van der Waals surface area contributed by atoms with Gasteiger partial charge in [0, 0.05) is 23.7 Å². The predicted molar refractivity (Wildman–Crippen MR) is 93.0 cm³/mol. The molecule has 1 aromatic carbocycles. The Morgan fingerprint density at radius 3 is 2.58 bits per heavy atom. The van der Waals surface area contributed by atoms with E-state index >= 15 is 0 Å². The Hall–Kier alpha value is -2.16. The minimum atomic E-state index is -1.12. The summed E-state index contributed by atoms with van der Waals surface area (Å²) in [5.74, 6) is -1.64. The fourth-order valence-corrected chi connectivity index (χ4v) is 2.37. The zero-order valence-corrected chi connectivity index (χ0v) is 14.3. The molecule has 1 aromatic heterocycles. The van der Waals surface area contributed by atoms with Crippen LogP contribution in [-0.2, 0) is 11.2 Å². The molecular weight excluding hydrogens is 359 g/mol.